The molecule has 1 aromatic carbocycles. The zero-order valence-electron chi connectivity index (χ0n) is 11.4. The van der Waals surface area contributed by atoms with Gasteiger partial charge in [-0.3, -0.25) is 4.79 Å². The van der Waals surface area contributed by atoms with Crippen LogP contribution in [0.15, 0.2) is 18.2 Å². The number of nitrogens with two attached hydrogens (primary N) is 1. The van der Waals surface area contributed by atoms with Crippen molar-refractivity contribution in [3.63, 3.8) is 0 Å². The Kier molecular flexibility index (Phi) is 6.11. The molecule has 106 valence electrons. The summed E-state index contributed by atoms with van der Waals surface area (Å²) < 4.78 is 0. The molecule has 0 heterocycles. The summed E-state index contributed by atoms with van der Waals surface area (Å²) in [6.07, 6.45) is 0.645. The molecule has 0 aliphatic carbocycles. The van der Waals surface area contributed by atoms with Crippen molar-refractivity contribution in [3.8, 4) is 0 Å². The molecule has 0 fully saturated rings. The second kappa shape index (κ2) is 7.13. The Labute approximate surface area is 124 Å². The molecule has 3 N–H and O–H groups in total. The molecule has 0 aromatic heterocycles. The van der Waals surface area contributed by atoms with E-state index in [0.717, 1.165) is 5.56 Å². The third-order valence-electron chi connectivity index (χ3n) is 2.95. The summed E-state index contributed by atoms with van der Waals surface area (Å²) in [7, 11) is 0. The highest BCUT2D eigenvalue weighted by molar-refractivity contribution is 6.35. The van der Waals surface area contributed by atoms with E-state index in [-0.39, 0.29) is 17.9 Å². The van der Waals surface area contributed by atoms with Gasteiger partial charge in [-0.25, -0.2) is 0 Å². The van der Waals surface area contributed by atoms with Gasteiger partial charge >= 0.3 is 0 Å². The molecule has 0 bridgehead atoms. The molecule has 0 radical (unpaired) electrons. The van der Waals surface area contributed by atoms with Crippen LogP contribution in [0.2, 0.25) is 10.0 Å². The van der Waals surface area contributed by atoms with Gasteiger partial charge in [-0.15, -0.1) is 0 Å². The van der Waals surface area contributed by atoms with Crippen LogP contribution in [-0.2, 0) is 11.2 Å². The van der Waals surface area contributed by atoms with Crippen LogP contribution in [0.1, 0.15) is 26.3 Å². The van der Waals surface area contributed by atoms with Crippen LogP contribution < -0.4 is 11.1 Å². The molecule has 0 aliphatic rings. The third-order valence-corrected chi connectivity index (χ3v) is 3.54. The van der Waals surface area contributed by atoms with E-state index in [0.29, 0.717) is 16.5 Å². The summed E-state index contributed by atoms with van der Waals surface area (Å²) >= 11 is 11.9. The maximum absolute atomic E-state index is 11.8. The Morgan fingerprint density at radius 1 is 1.32 bits per heavy atom. The van der Waals surface area contributed by atoms with Gasteiger partial charge in [-0.05, 0) is 37.0 Å². The fourth-order valence-electron chi connectivity index (χ4n) is 1.71. The minimum Gasteiger partial charge on any atom is -0.352 e. The number of rotatable bonds is 5. The van der Waals surface area contributed by atoms with Crippen molar-refractivity contribution in [2.45, 2.75) is 39.3 Å². The molecule has 1 rings (SSSR count). The Morgan fingerprint density at radius 3 is 2.47 bits per heavy atom. The van der Waals surface area contributed by atoms with Crippen LogP contribution in [0.4, 0.5) is 0 Å². The molecule has 1 aromatic rings. The Bertz CT molecular complexity index is 449. The maximum Gasteiger partial charge on any atom is 0.237 e. The molecule has 0 saturated heterocycles. The molecule has 1 amide bonds. The van der Waals surface area contributed by atoms with Gasteiger partial charge in [0.1, 0.15) is 0 Å². The van der Waals surface area contributed by atoms with Crippen LogP contribution in [0.25, 0.3) is 0 Å². The zero-order chi connectivity index (χ0) is 14.6. The molecule has 2 atom stereocenters. The number of halogens is 2. The topological polar surface area (TPSA) is 55.1 Å². The van der Waals surface area contributed by atoms with Gasteiger partial charge in [-0.2, -0.15) is 0 Å². The molecule has 0 spiro atoms. The highest BCUT2D eigenvalue weighted by Crippen LogP contribution is 2.22. The number of nitrogens with one attached hydrogen (secondary N) is 1. The van der Waals surface area contributed by atoms with Crippen LogP contribution >= 0.6 is 23.2 Å². The van der Waals surface area contributed by atoms with Gasteiger partial charge < -0.3 is 11.1 Å². The lowest BCUT2D eigenvalue weighted by atomic mass is 10.0. The second-order valence-corrected chi connectivity index (χ2v) is 5.96. The first kappa shape index (κ1) is 16.3. The van der Waals surface area contributed by atoms with Gasteiger partial charge in [0.05, 0.1) is 6.04 Å². The quantitative estimate of drug-likeness (QED) is 0.878. The third kappa shape index (κ3) is 5.01. The average molecular weight is 303 g/mol. The fraction of sp³-hybridized carbons (Fsp3) is 0.500. The number of carbonyl (C=O) groups is 1. The first-order valence-corrected chi connectivity index (χ1v) is 7.06. The fourth-order valence-corrected chi connectivity index (χ4v) is 2.20. The molecule has 19 heavy (non-hydrogen) atoms. The van der Waals surface area contributed by atoms with E-state index in [1.54, 1.807) is 12.1 Å². The number of hydrogen-bond acceptors (Lipinski definition) is 2. The van der Waals surface area contributed by atoms with Crippen molar-refractivity contribution < 1.29 is 4.79 Å². The summed E-state index contributed by atoms with van der Waals surface area (Å²) in [5.41, 5.74) is 6.75. The summed E-state index contributed by atoms with van der Waals surface area (Å²) in [6.45, 7) is 5.77. The summed E-state index contributed by atoms with van der Waals surface area (Å²) in [5.74, 6) is -0.0149. The van der Waals surface area contributed by atoms with Gasteiger partial charge in [-0.1, -0.05) is 43.1 Å². The van der Waals surface area contributed by atoms with Gasteiger partial charge in [0.15, 0.2) is 0 Å². The van der Waals surface area contributed by atoms with E-state index in [4.69, 9.17) is 28.9 Å². The average Bonchev–Trinajstić information content (AvgIpc) is 2.31. The monoisotopic (exact) mass is 302 g/mol. The molecule has 3 nitrogen and oxygen atoms in total. The van der Waals surface area contributed by atoms with Crippen molar-refractivity contribution >= 4 is 29.1 Å². The first-order valence-electron chi connectivity index (χ1n) is 6.31. The molecular formula is C14H20Cl2N2O. The molecule has 5 heteroatoms. The SMILES string of the molecule is CC(Cc1ccc(Cl)cc1Cl)NC(=O)[C@@H](N)C(C)C. The van der Waals surface area contributed by atoms with E-state index in [1.807, 2.05) is 26.8 Å². The van der Waals surface area contributed by atoms with Gasteiger partial charge in [0.2, 0.25) is 5.91 Å². The Balaban J connectivity index is 2.60. The predicted octanol–water partition coefficient (Wildman–Crippen LogP) is 3.02. The van der Waals surface area contributed by atoms with E-state index in [9.17, 15) is 4.79 Å². The van der Waals surface area contributed by atoms with E-state index >= 15 is 0 Å². The minimum absolute atomic E-state index is 0.0315. The summed E-state index contributed by atoms with van der Waals surface area (Å²) in [6, 6.07) is 4.85. The highest BCUT2D eigenvalue weighted by atomic mass is 35.5. The summed E-state index contributed by atoms with van der Waals surface area (Å²) in [5, 5.41) is 4.11. The number of carbonyl (C=O) groups excluding carboxylic acids is 1. The Morgan fingerprint density at radius 2 is 1.95 bits per heavy atom. The van der Waals surface area contributed by atoms with E-state index in [2.05, 4.69) is 5.32 Å². The van der Waals surface area contributed by atoms with Crippen molar-refractivity contribution in [1.29, 1.82) is 0 Å². The predicted molar refractivity (Wildman–Crippen MR) is 80.6 cm³/mol. The van der Waals surface area contributed by atoms with E-state index < -0.39 is 6.04 Å². The van der Waals surface area contributed by atoms with E-state index in [1.165, 1.54) is 0 Å². The lowest BCUT2D eigenvalue weighted by molar-refractivity contribution is -0.123. The maximum atomic E-state index is 11.8. The lowest BCUT2D eigenvalue weighted by Crippen LogP contribution is -2.47. The standard InChI is InChI=1S/C14H20Cl2N2O/c1-8(2)13(17)14(19)18-9(3)6-10-4-5-11(15)7-12(10)16/h4-5,7-9,13H,6,17H2,1-3H3,(H,18,19)/t9?,13-/m0/s1. The van der Waals surface area contributed by atoms with Crippen molar-refractivity contribution in [2.24, 2.45) is 11.7 Å². The van der Waals surface area contributed by atoms with Crippen LogP contribution in [0.3, 0.4) is 0 Å². The smallest absolute Gasteiger partial charge is 0.237 e. The van der Waals surface area contributed by atoms with Gasteiger partial charge in [0, 0.05) is 16.1 Å². The highest BCUT2D eigenvalue weighted by Gasteiger charge is 2.19. The molecule has 1 unspecified atom stereocenters. The normalized spacial score (nSPS) is 14.3. The largest absolute Gasteiger partial charge is 0.352 e. The number of benzene rings is 1. The second-order valence-electron chi connectivity index (χ2n) is 5.12. The first-order chi connectivity index (χ1) is 8.81. The van der Waals surface area contributed by atoms with Crippen LogP contribution in [0.5, 0.6) is 0 Å². The van der Waals surface area contributed by atoms with Gasteiger partial charge in [0.25, 0.3) is 0 Å². The number of hydrogen-bond donors (Lipinski definition) is 2. The van der Waals surface area contributed by atoms with Crippen LogP contribution in [0, 0.1) is 5.92 Å². The molecule has 0 aliphatic heterocycles. The Hall–Kier alpha value is -0.770. The minimum atomic E-state index is -0.483. The van der Waals surface area contributed by atoms with Crippen LogP contribution in [-0.4, -0.2) is 18.0 Å². The van der Waals surface area contributed by atoms with Crippen molar-refractivity contribution in [1.82, 2.24) is 5.32 Å². The molecular weight excluding hydrogens is 283 g/mol. The summed E-state index contributed by atoms with van der Waals surface area (Å²) in [4.78, 5) is 11.8. The van der Waals surface area contributed by atoms with Crippen molar-refractivity contribution in [3.05, 3.63) is 33.8 Å². The lowest BCUT2D eigenvalue weighted by Gasteiger charge is -2.20. The molecule has 0 saturated carbocycles. The zero-order valence-corrected chi connectivity index (χ0v) is 12.9. The van der Waals surface area contributed by atoms with Crippen molar-refractivity contribution in [2.75, 3.05) is 0 Å². The number of amides is 1.